The minimum atomic E-state index is -0.463. The average Bonchev–Trinajstić information content (AvgIpc) is 2.73. The maximum Gasteiger partial charge on any atom is 0.266 e. The summed E-state index contributed by atoms with van der Waals surface area (Å²) in [5.74, 6) is 0.254. The first kappa shape index (κ1) is 22.5. The number of amides is 1. The highest BCUT2D eigenvalue weighted by molar-refractivity contribution is 14.1. The summed E-state index contributed by atoms with van der Waals surface area (Å²) >= 11 is 9.06. The number of nitriles is 1. The number of benzene rings is 3. The van der Waals surface area contributed by atoms with Gasteiger partial charge in [0.2, 0.25) is 0 Å². The molecular formula is C23H15Br2IN2O2. The number of halogens is 3. The van der Waals surface area contributed by atoms with Crippen LogP contribution >= 0.6 is 54.5 Å². The second-order valence-corrected chi connectivity index (χ2v) is 9.15. The first-order chi connectivity index (χ1) is 14.5. The Bertz CT molecular complexity index is 1100. The van der Waals surface area contributed by atoms with Crippen molar-refractivity contribution in [1.29, 1.82) is 5.26 Å². The smallest absolute Gasteiger partial charge is 0.266 e. The molecule has 7 heteroatoms. The average molecular weight is 638 g/mol. The molecule has 0 saturated heterocycles. The molecule has 3 aromatic rings. The fraction of sp³-hybridized carbons (Fsp3) is 0.0435. The number of nitrogens with zero attached hydrogens (tertiary/aromatic N) is 1. The summed E-state index contributed by atoms with van der Waals surface area (Å²) in [6.45, 7) is 0.448. The Morgan fingerprint density at radius 1 is 1.10 bits per heavy atom. The summed E-state index contributed by atoms with van der Waals surface area (Å²) in [5.41, 5.74) is 2.42. The molecule has 0 fully saturated rings. The van der Waals surface area contributed by atoms with Crippen LogP contribution in [0.2, 0.25) is 0 Å². The van der Waals surface area contributed by atoms with Crippen LogP contribution < -0.4 is 10.1 Å². The molecule has 0 saturated carbocycles. The van der Waals surface area contributed by atoms with Crippen LogP contribution in [0, 0.1) is 14.9 Å². The number of carbonyl (C=O) groups is 1. The highest BCUT2D eigenvalue weighted by Gasteiger charge is 2.13. The first-order valence-corrected chi connectivity index (χ1v) is 11.5. The van der Waals surface area contributed by atoms with Gasteiger partial charge in [0.25, 0.3) is 5.91 Å². The monoisotopic (exact) mass is 636 g/mol. The molecule has 0 heterocycles. The van der Waals surface area contributed by atoms with Crippen molar-refractivity contribution < 1.29 is 9.53 Å². The molecule has 0 aliphatic rings. The van der Waals surface area contributed by atoms with Crippen molar-refractivity contribution in [3.8, 4) is 11.8 Å². The molecule has 0 spiro atoms. The van der Waals surface area contributed by atoms with Gasteiger partial charge >= 0.3 is 0 Å². The van der Waals surface area contributed by atoms with Crippen LogP contribution in [0.1, 0.15) is 11.1 Å². The first-order valence-electron chi connectivity index (χ1n) is 8.81. The van der Waals surface area contributed by atoms with Crippen molar-refractivity contribution in [1.82, 2.24) is 0 Å². The molecule has 0 radical (unpaired) electrons. The topological polar surface area (TPSA) is 62.1 Å². The van der Waals surface area contributed by atoms with Crippen molar-refractivity contribution in [3.05, 3.63) is 95.9 Å². The Hall–Kier alpha value is -2.15. The number of nitrogens with one attached hydrogen (secondary N) is 1. The van der Waals surface area contributed by atoms with Gasteiger partial charge in [-0.1, -0.05) is 46.3 Å². The lowest BCUT2D eigenvalue weighted by atomic mass is 10.1. The van der Waals surface area contributed by atoms with Gasteiger partial charge in [-0.2, -0.15) is 5.26 Å². The zero-order valence-electron chi connectivity index (χ0n) is 15.5. The molecule has 150 valence electrons. The van der Waals surface area contributed by atoms with Gasteiger partial charge < -0.3 is 10.1 Å². The predicted octanol–water partition coefficient (Wildman–Crippen LogP) is 6.94. The van der Waals surface area contributed by atoms with Crippen LogP contribution in [0.25, 0.3) is 6.08 Å². The second kappa shape index (κ2) is 10.8. The Morgan fingerprint density at radius 3 is 2.43 bits per heavy atom. The van der Waals surface area contributed by atoms with Crippen LogP contribution in [-0.2, 0) is 11.4 Å². The van der Waals surface area contributed by atoms with Crippen LogP contribution in [0.3, 0.4) is 0 Å². The molecule has 1 amide bonds. The third-order valence-corrected chi connectivity index (χ3v) is 5.94. The maximum atomic E-state index is 12.5. The number of ether oxygens (including phenoxy) is 1. The third kappa shape index (κ3) is 6.17. The number of hydrogen-bond donors (Lipinski definition) is 1. The van der Waals surface area contributed by atoms with Crippen LogP contribution in [0.5, 0.6) is 5.75 Å². The van der Waals surface area contributed by atoms with Crippen molar-refractivity contribution in [2.24, 2.45) is 0 Å². The van der Waals surface area contributed by atoms with Gasteiger partial charge in [-0.25, -0.2) is 0 Å². The molecule has 0 unspecified atom stereocenters. The summed E-state index contributed by atoms with van der Waals surface area (Å²) in [6.07, 6.45) is 1.56. The zero-order chi connectivity index (χ0) is 21.5. The van der Waals surface area contributed by atoms with Crippen molar-refractivity contribution in [2.45, 2.75) is 6.61 Å². The second-order valence-electron chi connectivity index (χ2n) is 6.22. The molecular weight excluding hydrogens is 623 g/mol. The molecule has 1 N–H and O–H groups in total. The van der Waals surface area contributed by atoms with E-state index in [0.717, 1.165) is 29.4 Å². The van der Waals surface area contributed by atoms with Crippen molar-refractivity contribution in [3.63, 3.8) is 0 Å². The molecule has 0 aliphatic heterocycles. The summed E-state index contributed by atoms with van der Waals surface area (Å²) in [6, 6.07) is 22.7. The van der Waals surface area contributed by atoms with E-state index in [9.17, 15) is 10.1 Å². The number of rotatable bonds is 6. The number of hydrogen-bond acceptors (Lipinski definition) is 3. The highest BCUT2D eigenvalue weighted by Crippen LogP contribution is 2.33. The van der Waals surface area contributed by atoms with E-state index in [2.05, 4.69) is 59.8 Å². The minimum absolute atomic E-state index is 0.0126. The molecule has 0 bridgehead atoms. The van der Waals surface area contributed by atoms with E-state index in [1.807, 2.05) is 60.7 Å². The van der Waals surface area contributed by atoms with Crippen molar-refractivity contribution >= 4 is 72.1 Å². The van der Waals surface area contributed by atoms with E-state index < -0.39 is 5.91 Å². The fourth-order valence-corrected chi connectivity index (χ4v) is 4.61. The summed E-state index contributed by atoms with van der Waals surface area (Å²) in [7, 11) is 0. The lowest BCUT2D eigenvalue weighted by Gasteiger charge is -2.12. The SMILES string of the molecule is N#C/C(=C/c1cc(Br)c(OCc2ccccc2)c(I)c1)C(=O)Nc1ccc(Br)cc1. The molecule has 0 aliphatic carbocycles. The molecule has 30 heavy (non-hydrogen) atoms. The van der Waals surface area contributed by atoms with Gasteiger partial charge in [0.05, 0.1) is 8.04 Å². The van der Waals surface area contributed by atoms with Gasteiger partial charge in [-0.05, 0) is 92.1 Å². The van der Waals surface area contributed by atoms with Crippen LogP contribution in [0.15, 0.2) is 81.2 Å². The minimum Gasteiger partial charge on any atom is -0.487 e. The maximum absolute atomic E-state index is 12.5. The highest BCUT2D eigenvalue weighted by atomic mass is 127. The van der Waals surface area contributed by atoms with Gasteiger partial charge in [-0.15, -0.1) is 0 Å². The quantitative estimate of drug-likeness (QED) is 0.181. The molecule has 0 atom stereocenters. The summed E-state index contributed by atoms with van der Waals surface area (Å²) in [4.78, 5) is 12.5. The van der Waals surface area contributed by atoms with E-state index in [-0.39, 0.29) is 5.57 Å². The Kier molecular flexibility index (Phi) is 8.08. The Labute approximate surface area is 205 Å². The van der Waals surface area contributed by atoms with E-state index >= 15 is 0 Å². The lowest BCUT2D eigenvalue weighted by molar-refractivity contribution is -0.112. The van der Waals surface area contributed by atoms with Crippen LogP contribution in [-0.4, -0.2) is 5.91 Å². The molecule has 3 rings (SSSR count). The number of carbonyl (C=O) groups excluding carboxylic acids is 1. The van der Waals surface area contributed by atoms with Gasteiger partial charge in [0.1, 0.15) is 24.0 Å². The zero-order valence-corrected chi connectivity index (χ0v) is 20.9. The largest absolute Gasteiger partial charge is 0.487 e. The van der Waals surface area contributed by atoms with Gasteiger partial charge in [0.15, 0.2) is 0 Å². The standard InChI is InChI=1S/C23H15Br2IN2O2/c24-18-6-8-19(9-7-18)28-23(29)17(13-27)10-16-11-20(25)22(21(26)12-16)30-14-15-4-2-1-3-5-15/h1-12H,14H2,(H,28,29)/b17-10-. The summed E-state index contributed by atoms with van der Waals surface area (Å²) < 4.78 is 8.48. The number of anilines is 1. The Morgan fingerprint density at radius 2 is 1.80 bits per heavy atom. The summed E-state index contributed by atoms with van der Waals surface area (Å²) in [5, 5.41) is 12.2. The fourth-order valence-electron chi connectivity index (χ4n) is 2.58. The van der Waals surface area contributed by atoms with E-state index in [1.54, 1.807) is 18.2 Å². The molecule has 4 nitrogen and oxygen atoms in total. The molecule has 0 aromatic heterocycles. The van der Waals surface area contributed by atoms with Gasteiger partial charge in [0, 0.05) is 10.2 Å². The van der Waals surface area contributed by atoms with Crippen LogP contribution in [0.4, 0.5) is 5.69 Å². The third-order valence-electron chi connectivity index (χ3n) is 4.02. The van der Waals surface area contributed by atoms with E-state index in [1.165, 1.54) is 0 Å². The Balaban J connectivity index is 1.76. The van der Waals surface area contributed by atoms with E-state index in [0.29, 0.717) is 12.3 Å². The van der Waals surface area contributed by atoms with Crippen molar-refractivity contribution in [2.75, 3.05) is 5.32 Å². The van der Waals surface area contributed by atoms with Gasteiger partial charge in [-0.3, -0.25) is 4.79 Å². The molecule has 3 aromatic carbocycles. The lowest BCUT2D eigenvalue weighted by Crippen LogP contribution is -2.13. The predicted molar refractivity (Wildman–Crippen MR) is 134 cm³/mol. The van der Waals surface area contributed by atoms with E-state index in [4.69, 9.17) is 4.74 Å². The normalized spacial score (nSPS) is 10.9.